The topological polar surface area (TPSA) is 50.9 Å². The number of hydrogen-bond acceptors (Lipinski definition) is 4. The molecule has 1 aliphatic rings. The largest absolute Gasteiger partial charge is 0.382 e. The van der Waals surface area contributed by atoms with Gasteiger partial charge in [0, 0.05) is 36.4 Å². The van der Waals surface area contributed by atoms with Gasteiger partial charge in [-0.1, -0.05) is 60.3 Å². The molecule has 1 N–H and O–H groups in total. The van der Waals surface area contributed by atoms with Gasteiger partial charge in [-0.3, -0.25) is 10.4 Å². The summed E-state index contributed by atoms with van der Waals surface area (Å²) in [6.07, 6.45) is 0. The molecule has 0 fully saturated rings. The average molecular weight is 393 g/mol. The summed E-state index contributed by atoms with van der Waals surface area (Å²) in [5.74, 6) is 0.777. The maximum atomic E-state index is 5.17. The van der Waals surface area contributed by atoms with Gasteiger partial charge in [0.15, 0.2) is 5.17 Å². The number of rotatable bonds is 5. The van der Waals surface area contributed by atoms with Crippen LogP contribution in [-0.4, -0.2) is 41.0 Å². The molecule has 2 heterocycles. The van der Waals surface area contributed by atoms with Gasteiger partial charge in [0.2, 0.25) is 0 Å². The first-order valence-corrected chi connectivity index (χ1v) is 10.3. The van der Waals surface area contributed by atoms with E-state index in [1.165, 1.54) is 27.7 Å². The Morgan fingerprint density at radius 2 is 1.93 bits per heavy atom. The number of hydrazone groups is 1. The van der Waals surface area contributed by atoms with Crippen molar-refractivity contribution < 1.29 is 4.74 Å². The van der Waals surface area contributed by atoms with Crippen molar-refractivity contribution in [3.63, 3.8) is 0 Å². The molecule has 4 rings (SSSR count). The first kappa shape index (κ1) is 18.8. The number of methoxy groups -OCH3 is 1. The standard InChI is InChI=1S/C22H24N4OS/c1-15(13-27-3)23-22-25-24-18(14-28-22)20-17-11-7-8-12-19(17)26(2)21(20)16-9-5-4-6-10-16/h4-12,15H,13-14H2,1-3H3,(H,23,25)/t15-/m0/s1. The van der Waals surface area contributed by atoms with Crippen molar-refractivity contribution >= 4 is 33.5 Å². The third-order valence-electron chi connectivity index (χ3n) is 4.82. The van der Waals surface area contributed by atoms with Crippen molar-refractivity contribution in [2.24, 2.45) is 17.1 Å². The van der Waals surface area contributed by atoms with Crippen LogP contribution in [-0.2, 0) is 11.8 Å². The highest BCUT2D eigenvalue weighted by Gasteiger charge is 2.23. The summed E-state index contributed by atoms with van der Waals surface area (Å²) in [7, 11) is 3.82. The number of aryl methyl sites for hydroxylation is 1. The summed E-state index contributed by atoms with van der Waals surface area (Å²) in [6.45, 7) is 2.64. The SMILES string of the molecule is COC[C@H](C)N=C1NN=C(c2c(-c3ccccc3)n(C)c3ccccc23)CS1. The van der Waals surface area contributed by atoms with Gasteiger partial charge < -0.3 is 9.30 Å². The van der Waals surface area contributed by atoms with Crippen molar-refractivity contribution in [2.75, 3.05) is 19.5 Å². The zero-order chi connectivity index (χ0) is 19.5. The molecule has 0 bridgehead atoms. The van der Waals surface area contributed by atoms with E-state index in [1.54, 1.807) is 18.9 Å². The fourth-order valence-electron chi connectivity index (χ4n) is 3.61. The smallest absolute Gasteiger partial charge is 0.177 e. The molecular formula is C22H24N4OS. The normalized spacial score (nSPS) is 16.8. The molecule has 1 aromatic heterocycles. The van der Waals surface area contributed by atoms with Crippen LogP contribution in [0.15, 0.2) is 64.7 Å². The first-order valence-electron chi connectivity index (χ1n) is 9.34. The number of fused-ring (bicyclic) bond motifs is 1. The van der Waals surface area contributed by atoms with Crippen LogP contribution in [0.1, 0.15) is 12.5 Å². The van der Waals surface area contributed by atoms with E-state index in [1.807, 2.05) is 13.0 Å². The number of thioether (sulfide) groups is 1. The molecule has 0 saturated heterocycles. The van der Waals surface area contributed by atoms with Crippen LogP contribution in [0.5, 0.6) is 0 Å². The first-order chi connectivity index (χ1) is 13.7. The average Bonchev–Trinajstić information content (AvgIpc) is 3.02. The van der Waals surface area contributed by atoms with E-state index < -0.39 is 0 Å². The third-order valence-corrected chi connectivity index (χ3v) is 5.71. The highest BCUT2D eigenvalue weighted by atomic mass is 32.2. The van der Waals surface area contributed by atoms with Gasteiger partial charge in [-0.25, -0.2) is 0 Å². The van der Waals surface area contributed by atoms with Crippen LogP contribution in [0, 0.1) is 0 Å². The molecule has 6 heteroatoms. The van der Waals surface area contributed by atoms with Crippen molar-refractivity contribution in [2.45, 2.75) is 13.0 Å². The molecule has 3 aromatic rings. The summed E-state index contributed by atoms with van der Waals surface area (Å²) >= 11 is 1.69. The van der Waals surface area contributed by atoms with Gasteiger partial charge in [-0.2, -0.15) is 5.10 Å². The summed E-state index contributed by atoms with van der Waals surface area (Å²) in [5, 5.41) is 6.77. The van der Waals surface area contributed by atoms with Gasteiger partial charge in [-0.15, -0.1) is 0 Å². The van der Waals surface area contributed by atoms with Crippen LogP contribution < -0.4 is 5.43 Å². The van der Waals surface area contributed by atoms with E-state index in [0.717, 1.165) is 16.6 Å². The third kappa shape index (κ3) is 3.57. The summed E-state index contributed by atoms with van der Waals surface area (Å²) < 4.78 is 7.43. The minimum Gasteiger partial charge on any atom is -0.382 e. The molecule has 5 nitrogen and oxygen atoms in total. The molecule has 0 unspecified atom stereocenters. The maximum Gasteiger partial charge on any atom is 0.177 e. The Kier molecular flexibility index (Phi) is 5.50. The molecule has 0 radical (unpaired) electrons. The Balaban J connectivity index is 1.78. The van der Waals surface area contributed by atoms with Crippen molar-refractivity contribution in [3.05, 3.63) is 60.2 Å². The van der Waals surface area contributed by atoms with E-state index in [-0.39, 0.29) is 6.04 Å². The predicted molar refractivity (Wildman–Crippen MR) is 119 cm³/mol. The molecule has 2 aromatic carbocycles. The van der Waals surface area contributed by atoms with E-state index in [9.17, 15) is 0 Å². The van der Waals surface area contributed by atoms with Crippen molar-refractivity contribution in [3.8, 4) is 11.3 Å². The number of ether oxygens (including phenoxy) is 1. The summed E-state index contributed by atoms with van der Waals surface area (Å²) in [5.41, 5.74) is 8.96. The highest BCUT2D eigenvalue weighted by Crippen LogP contribution is 2.34. The van der Waals surface area contributed by atoms with Crippen LogP contribution in [0.25, 0.3) is 22.2 Å². The molecule has 144 valence electrons. The minimum atomic E-state index is 0.106. The Bertz CT molecular complexity index is 1040. The second-order valence-corrected chi connectivity index (χ2v) is 7.83. The lowest BCUT2D eigenvalue weighted by Gasteiger charge is -2.17. The van der Waals surface area contributed by atoms with Gasteiger partial charge in [0.05, 0.1) is 24.1 Å². The second kappa shape index (κ2) is 8.20. The number of para-hydroxylation sites is 1. The second-order valence-electron chi connectivity index (χ2n) is 6.86. The monoisotopic (exact) mass is 392 g/mol. The lowest BCUT2D eigenvalue weighted by atomic mass is 10.0. The number of nitrogens with zero attached hydrogens (tertiary/aromatic N) is 3. The Hall–Kier alpha value is -2.57. The van der Waals surface area contributed by atoms with E-state index in [4.69, 9.17) is 9.84 Å². The van der Waals surface area contributed by atoms with Gasteiger partial charge in [-0.05, 0) is 18.6 Å². The summed E-state index contributed by atoms with van der Waals surface area (Å²) in [6, 6.07) is 19.1. The predicted octanol–water partition coefficient (Wildman–Crippen LogP) is 4.28. The maximum absolute atomic E-state index is 5.17. The minimum absolute atomic E-state index is 0.106. The van der Waals surface area contributed by atoms with Gasteiger partial charge >= 0.3 is 0 Å². The van der Waals surface area contributed by atoms with Crippen LogP contribution in [0.4, 0.5) is 0 Å². The fourth-order valence-corrected chi connectivity index (χ4v) is 4.46. The number of nitrogens with one attached hydrogen (secondary N) is 1. The fraction of sp³-hybridized carbons (Fsp3) is 0.273. The molecule has 0 spiro atoms. The van der Waals surface area contributed by atoms with E-state index >= 15 is 0 Å². The highest BCUT2D eigenvalue weighted by molar-refractivity contribution is 8.14. The van der Waals surface area contributed by atoms with Crippen LogP contribution in [0.3, 0.4) is 0 Å². The van der Waals surface area contributed by atoms with Gasteiger partial charge in [0.25, 0.3) is 0 Å². The number of benzene rings is 2. The van der Waals surface area contributed by atoms with Crippen molar-refractivity contribution in [1.82, 2.24) is 9.99 Å². The number of hydrogen-bond donors (Lipinski definition) is 1. The number of aliphatic imine (C=N–C) groups is 1. The van der Waals surface area contributed by atoms with E-state index in [0.29, 0.717) is 6.61 Å². The van der Waals surface area contributed by atoms with Crippen LogP contribution in [0.2, 0.25) is 0 Å². The van der Waals surface area contributed by atoms with Crippen molar-refractivity contribution in [1.29, 1.82) is 0 Å². The summed E-state index contributed by atoms with van der Waals surface area (Å²) in [4.78, 5) is 4.63. The number of aromatic nitrogens is 1. The molecule has 0 amide bonds. The van der Waals surface area contributed by atoms with Crippen LogP contribution >= 0.6 is 11.8 Å². The Morgan fingerprint density at radius 1 is 1.18 bits per heavy atom. The molecule has 0 saturated carbocycles. The molecule has 0 aliphatic carbocycles. The van der Waals surface area contributed by atoms with Gasteiger partial charge in [0.1, 0.15) is 0 Å². The zero-order valence-corrected chi connectivity index (χ0v) is 17.2. The Morgan fingerprint density at radius 3 is 2.64 bits per heavy atom. The molecule has 1 aliphatic heterocycles. The Labute approximate surface area is 169 Å². The number of amidine groups is 1. The quantitative estimate of drug-likeness (QED) is 0.705. The molecule has 1 atom stereocenters. The van der Waals surface area contributed by atoms with E-state index in [2.05, 4.69) is 70.6 Å². The molecular weight excluding hydrogens is 368 g/mol. The zero-order valence-electron chi connectivity index (χ0n) is 16.3. The lowest BCUT2D eigenvalue weighted by Crippen LogP contribution is -2.27. The lowest BCUT2D eigenvalue weighted by molar-refractivity contribution is 0.186. The molecule has 28 heavy (non-hydrogen) atoms.